The number of aryl methyl sites for hydroxylation is 3. The summed E-state index contributed by atoms with van der Waals surface area (Å²) < 4.78 is 1.91. The molecule has 0 bridgehead atoms. The number of hydrogen-bond donors (Lipinski definition) is 1. The summed E-state index contributed by atoms with van der Waals surface area (Å²) in [4.78, 5) is 1.22. The minimum Gasteiger partial charge on any atom is -0.326 e. The fourth-order valence-electron chi connectivity index (χ4n) is 1.72. The van der Waals surface area contributed by atoms with Crippen molar-refractivity contribution in [3.63, 3.8) is 0 Å². The topological polar surface area (TPSA) is 43.8 Å². The van der Waals surface area contributed by atoms with E-state index in [0.717, 1.165) is 10.7 Å². The molecule has 2 N–H and O–H groups in total. The molecule has 1 heterocycles. The predicted molar refractivity (Wildman–Crippen MR) is 71.1 cm³/mol. The molecular formula is C13H17N3S. The van der Waals surface area contributed by atoms with E-state index < -0.39 is 0 Å². The first kappa shape index (κ1) is 12.2. The van der Waals surface area contributed by atoms with E-state index in [1.165, 1.54) is 16.0 Å². The maximum Gasteiger partial charge on any atom is 0.0987 e. The van der Waals surface area contributed by atoms with Crippen molar-refractivity contribution < 1.29 is 0 Å². The van der Waals surface area contributed by atoms with Crippen LogP contribution in [0.2, 0.25) is 0 Å². The standard InChI is InChI=1S/C13H17N3S/c1-9-4-5-11(8-14)12(6-9)17-13-7-10(2)15-16(13)3/h4-7H,8,14H2,1-3H3. The Morgan fingerprint density at radius 1 is 1.29 bits per heavy atom. The van der Waals surface area contributed by atoms with E-state index in [1.54, 1.807) is 11.8 Å². The van der Waals surface area contributed by atoms with Gasteiger partial charge in [-0.3, -0.25) is 4.68 Å². The molecular weight excluding hydrogens is 230 g/mol. The number of nitrogens with two attached hydrogens (primary N) is 1. The van der Waals surface area contributed by atoms with Crippen molar-refractivity contribution >= 4 is 11.8 Å². The highest BCUT2D eigenvalue weighted by Gasteiger charge is 2.08. The maximum absolute atomic E-state index is 5.76. The lowest BCUT2D eigenvalue weighted by Crippen LogP contribution is -1.99. The zero-order valence-corrected chi connectivity index (χ0v) is 11.2. The number of benzene rings is 1. The summed E-state index contributed by atoms with van der Waals surface area (Å²) in [5.74, 6) is 0. The van der Waals surface area contributed by atoms with Crippen LogP contribution >= 0.6 is 11.8 Å². The third-order valence-corrected chi connectivity index (χ3v) is 3.81. The van der Waals surface area contributed by atoms with Crippen LogP contribution in [0.25, 0.3) is 0 Å². The summed E-state index contributed by atoms with van der Waals surface area (Å²) in [7, 11) is 1.97. The number of nitrogens with zero attached hydrogens (tertiary/aromatic N) is 2. The SMILES string of the molecule is Cc1ccc(CN)c(Sc2cc(C)nn2C)c1. The fourth-order valence-corrected chi connectivity index (χ4v) is 2.88. The Bertz CT molecular complexity index is 531. The smallest absolute Gasteiger partial charge is 0.0987 e. The van der Waals surface area contributed by atoms with Crippen LogP contribution < -0.4 is 5.73 Å². The molecule has 0 aliphatic rings. The normalized spacial score (nSPS) is 10.8. The lowest BCUT2D eigenvalue weighted by molar-refractivity contribution is 0.692. The van der Waals surface area contributed by atoms with Gasteiger partial charge in [0.2, 0.25) is 0 Å². The lowest BCUT2D eigenvalue weighted by Gasteiger charge is -2.08. The molecule has 0 aliphatic carbocycles. The molecule has 2 aromatic rings. The second-order valence-electron chi connectivity index (χ2n) is 4.16. The van der Waals surface area contributed by atoms with Gasteiger partial charge < -0.3 is 5.73 Å². The molecule has 0 unspecified atom stereocenters. The van der Waals surface area contributed by atoms with Crippen LogP contribution in [0.3, 0.4) is 0 Å². The molecule has 3 nitrogen and oxygen atoms in total. The molecule has 0 spiro atoms. The van der Waals surface area contributed by atoms with Crippen LogP contribution in [-0.4, -0.2) is 9.78 Å². The van der Waals surface area contributed by atoms with Gasteiger partial charge in [0.05, 0.1) is 10.7 Å². The molecule has 0 saturated carbocycles. The van der Waals surface area contributed by atoms with E-state index in [2.05, 4.69) is 36.3 Å². The van der Waals surface area contributed by atoms with Gasteiger partial charge in [0.15, 0.2) is 0 Å². The van der Waals surface area contributed by atoms with E-state index in [1.807, 2.05) is 18.7 Å². The van der Waals surface area contributed by atoms with Crippen molar-refractivity contribution in [2.45, 2.75) is 30.3 Å². The van der Waals surface area contributed by atoms with Gasteiger partial charge in [0, 0.05) is 18.5 Å². The van der Waals surface area contributed by atoms with E-state index >= 15 is 0 Å². The van der Waals surface area contributed by atoms with Gasteiger partial charge in [-0.05, 0) is 37.1 Å². The van der Waals surface area contributed by atoms with Crippen molar-refractivity contribution in [1.82, 2.24) is 9.78 Å². The minimum absolute atomic E-state index is 0.569. The first-order chi connectivity index (χ1) is 8.10. The average molecular weight is 247 g/mol. The van der Waals surface area contributed by atoms with Gasteiger partial charge in [-0.25, -0.2) is 0 Å². The van der Waals surface area contributed by atoms with Crippen LogP contribution in [0.4, 0.5) is 0 Å². The first-order valence-corrected chi connectivity index (χ1v) is 6.40. The highest BCUT2D eigenvalue weighted by Crippen LogP contribution is 2.31. The van der Waals surface area contributed by atoms with Crippen LogP contribution in [0, 0.1) is 13.8 Å². The molecule has 2 rings (SSSR count). The second kappa shape index (κ2) is 4.94. The molecule has 0 fully saturated rings. The average Bonchev–Trinajstić information content (AvgIpc) is 2.58. The summed E-state index contributed by atoms with van der Waals surface area (Å²) in [6, 6.07) is 8.46. The fraction of sp³-hybridized carbons (Fsp3) is 0.308. The highest BCUT2D eigenvalue weighted by molar-refractivity contribution is 7.99. The third kappa shape index (κ3) is 2.70. The first-order valence-electron chi connectivity index (χ1n) is 5.58. The van der Waals surface area contributed by atoms with Gasteiger partial charge in [-0.15, -0.1) is 0 Å². The zero-order chi connectivity index (χ0) is 12.4. The predicted octanol–water partition coefficient (Wildman–Crippen LogP) is 2.65. The van der Waals surface area contributed by atoms with Crippen LogP contribution in [-0.2, 0) is 13.6 Å². The maximum atomic E-state index is 5.76. The molecule has 17 heavy (non-hydrogen) atoms. The van der Waals surface area contributed by atoms with Crippen LogP contribution in [0.15, 0.2) is 34.2 Å². The lowest BCUT2D eigenvalue weighted by atomic mass is 10.1. The molecule has 0 saturated heterocycles. The third-order valence-electron chi connectivity index (χ3n) is 2.62. The summed E-state index contributed by atoms with van der Waals surface area (Å²) in [6.45, 7) is 4.67. The van der Waals surface area contributed by atoms with E-state index in [9.17, 15) is 0 Å². The van der Waals surface area contributed by atoms with Crippen molar-refractivity contribution in [3.8, 4) is 0 Å². The van der Waals surface area contributed by atoms with Crippen molar-refractivity contribution in [2.24, 2.45) is 12.8 Å². The van der Waals surface area contributed by atoms with Gasteiger partial charge in [-0.1, -0.05) is 23.9 Å². The molecule has 90 valence electrons. The molecule has 0 amide bonds. The Morgan fingerprint density at radius 3 is 2.65 bits per heavy atom. The van der Waals surface area contributed by atoms with Gasteiger partial charge in [0.25, 0.3) is 0 Å². The van der Waals surface area contributed by atoms with Crippen molar-refractivity contribution in [2.75, 3.05) is 0 Å². The van der Waals surface area contributed by atoms with Gasteiger partial charge >= 0.3 is 0 Å². The molecule has 0 atom stereocenters. The van der Waals surface area contributed by atoms with Crippen LogP contribution in [0.1, 0.15) is 16.8 Å². The van der Waals surface area contributed by atoms with Gasteiger partial charge in [0.1, 0.15) is 0 Å². The second-order valence-corrected chi connectivity index (χ2v) is 5.23. The van der Waals surface area contributed by atoms with E-state index in [4.69, 9.17) is 5.73 Å². The highest BCUT2D eigenvalue weighted by atomic mass is 32.2. The molecule has 0 radical (unpaired) electrons. The molecule has 0 aliphatic heterocycles. The number of rotatable bonds is 3. The Labute approximate surface area is 106 Å². The minimum atomic E-state index is 0.569. The summed E-state index contributed by atoms with van der Waals surface area (Å²) in [6.07, 6.45) is 0. The monoisotopic (exact) mass is 247 g/mol. The van der Waals surface area contributed by atoms with Gasteiger partial charge in [-0.2, -0.15) is 5.10 Å². The Balaban J connectivity index is 2.35. The molecule has 4 heteroatoms. The summed E-state index contributed by atoms with van der Waals surface area (Å²) in [5, 5.41) is 5.49. The Hall–Kier alpha value is -1.26. The Kier molecular flexibility index (Phi) is 3.54. The number of hydrogen-bond acceptors (Lipinski definition) is 3. The number of aromatic nitrogens is 2. The summed E-state index contributed by atoms with van der Waals surface area (Å²) in [5.41, 5.74) is 9.23. The largest absolute Gasteiger partial charge is 0.326 e. The summed E-state index contributed by atoms with van der Waals surface area (Å²) >= 11 is 1.72. The van der Waals surface area contributed by atoms with Crippen molar-refractivity contribution in [3.05, 3.63) is 41.1 Å². The Morgan fingerprint density at radius 2 is 2.06 bits per heavy atom. The molecule has 1 aromatic carbocycles. The quantitative estimate of drug-likeness (QED) is 0.906. The molecule has 1 aromatic heterocycles. The zero-order valence-electron chi connectivity index (χ0n) is 10.4. The van der Waals surface area contributed by atoms with E-state index in [0.29, 0.717) is 6.54 Å². The van der Waals surface area contributed by atoms with E-state index in [-0.39, 0.29) is 0 Å². The van der Waals surface area contributed by atoms with Crippen LogP contribution in [0.5, 0.6) is 0 Å². The van der Waals surface area contributed by atoms with Crippen molar-refractivity contribution in [1.29, 1.82) is 0 Å².